The first-order valence-corrected chi connectivity index (χ1v) is 6.11. The number of rotatable bonds is 4. The molecule has 0 aliphatic rings. The second-order valence-corrected chi connectivity index (χ2v) is 4.07. The summed E-state index contributed by atoms with van der Waals surface area (Å²) in [6, 6.07) is 6.55. The van der Waals surface area contributed by atoms with E-state index in [2.05, 4.69) is 9.97 Å². The SMILES string of the molecule is CCOc1ccc(-c2cc(CN)nc(C)n2)cc1F. The van der Waals surface area contributed by atoms with Gasteiger partial charge in [0.15, 0.2) is 11.6 Å². The van der Waals surface area contributed by atoms with Gasteiger partial charge in [0.1, 0.15) is 5.82 Å². The van der Waals surface area contributed by atoms with Gasteiger partial charge in [-0.05, 0) is 38.1 Å². The first-order valence-electron chi connectivity index (χ1n) is 6.11. The lowest BCUT2D eigenvalue weighted by Gasteiger charge is -2.08. The van der Waals surface area contributed by atoms with Crippen molar-refractivity contribution in [2.24, 2.45) is 5.73 Å². The normalized spacial score (nSPS) is 10.5. The molecule has 1 heterocycles. The summed E-state index contributed by atoms with van der Waals surface area (Å²) in [5, 5.41) is 0. The summed E-state index contributed by atoms with van der Waals surface area (Å²) in [4.78, 5) is 8.49. The van der Waals surface area contributed by atoms with Crippen molar-refractivity contribution in [2.75, 3.05) is 6.61 Å². The van der Waals surface area contributed by atoms with Crippen LogP contribution in [0.3, 0.4) is 0 Å². The molecule has 2 N–H and O–H groups in total. The number of halogens is 1. The third-order valence-corrected chi connectivity index (χ3v) is 2.63. The summed E-state index contributed by atoms with van der Waals surface area (Å²) in [6.07, 6.45) is 0. The number of nitrogens with zero attached hydrogens (tertiary/aromatic N) is 2. The van der Waals surface area contributed by atoms with E-state index < -0.39 is 5.82 Å². The van der Waals surface area contributed by atoms with Gasteiger partial charge >= 0.3 is 0 Å². The van der Waals surface area contributed by atoms with Crippen LogP contribution in [-0.2, 0) is 6.54 Å². The maximum atomic E-state index is 13.8. The molecule has 0 fully saturated rings. The molecule has 19 heavy (non-hydrogen) atoms. The van der Waals surface area contributed by atoms with Crippen LogP contribution in [0.5, 0.6) is 5.75 Å². The lowest BCUT2D eigenvalue weighted by molar-refractivity contribution is 0.321. The molecular formula is C14H16FN3O. The zero-order valence-electron chi connectivity index (χ0n) is 11.0. The molecule has 0 amide bonds. The minimum absolute atomic E-state index is 0.246. The minimum atomic E-state index is -0.398. The van der Waals surface area contributed by atoms with E-state index in [1.54, 1.807) is 25.1 Å². The highest BCUT2D eigenvalue weighted by Gasteiger charge is 2.08. The van der Waals surface area contributed by atoms with Gasteiger partial charge in [-0.3, -0.25) is 0 Å². The van der Waals surface area contributed by atoms with Crippen LogP contribution in [-0.4, -0.2) is 16.6 Å². The molecule has 5 heteroatoms. The van der Waals surface area contributed by atoms with Crippen molar-refractivity contribution in [3.05, 3.63) is 41.6 Å². The van der Waals surface area contributed by atoms with Gasteiger partial charge in [0.05, 0.1) is 18.0 Å². The highest BCUT2D eigenvalue weighted by molar-refractivity contribution is 5.60. The van der Waals surface area contributed by atoms with Crippen molar-refractivity contribution in [1.29, 1.82) is 0 Å². The fraction of sp³-hybridized carbons (Fsp3) is 0.286. The average Bonchev–Trinajstić information content (AvgIpc) is 2.40. The third-order valence-electron chi connectivity index (χ3n) is 2.63. The molecule has 1 aromatic carbocycles. The van der Waals surface area contributed by atoms with Gasteiger partial charge in [-0.1, -0.05) is 0 Å². The summed E-state index contributed by atoms with van der Waals surface area (Å²) in [5.74, 6) is 0.466. The predicted octanol–water partition coefficient (Wildman–Crippen LogP) is 2.45. The lowest BCUT2D eigenvalue weighted by Crippen LogP contribution is -2.03. The highest BCUT2D eigenvalue weighted by Crippen LogP contribution is 2.24. The standard InChI is InChI=1S/C14H16FN3O/c1-3-19-14-5-4-10(6-12(14)15)13-7-11(8-16)17-9(2)18-13/h4-7H,3,8,16H2,1-2H3. The Labute approximate surface area is 111 Å². The number of hydrogen-bond acceptors (Lipinski definition) is 4. The molecule has 2 aromatic rings. The lowest BCUT2D eigenvalue weighted by atomic mass is 10.1. The number of nitrogens with two attached hydrogens (primary N) is 1. The monoisotopic (exact) mass is 261 g/mol. The van der Waals surface area contributed by atoms with E-state index in [4.69, 9.17) is 10.5 Å². The third kappa shape index (κ3) is 3.06. The number of benzene rings is 1. The zero-order chi connectivity index (χ0) is 13.8. The van der Waals surface area contributed by atoms with E-state index in [9.17, 15) is 4.39 Å². The molecule has 0 saturated carbocycles. The average molecular weight is 261 g/mol. The smallest absolute Gasteiger partial charge is 0.165 e. The molecular weight excluding hydrogens is 245 g/mol. The van der Waals surface area contributed by atoms with E-state index >= 15 is 0 Å². The molecule has 0 saturated heterocycles. The van der Waals surface area contributed by atoms with Crippen LogP contribution in [0.2, 0.25) is 0 Å². The first kappa shape index (κ1) is 13.4. The van der Waals surface area contributed by atoms with Crippen molar-refractivity contribution in [3.8, 4) is 17.0 Å². The van der Waals surface area contributed by atoms with E-state index in [1.165, 1.54) is 6.07 Å². The van der Waals surface area contributed by atoms with Crippen molar-refractivity contribution in [3.63, 3.8) is 0 Å². The number of aryl methyl sites for hydroxylation is 1. The van der Waals surface area contributed by atoms with Gasteiger partial charge in [0.2, 0.25) is 0 Å². The van der Waals surface area contributed by atoms with E-state index in [1.807, 2.05) is 6.92 Å². The number of ether oxygens (including phenoxy) is 1. The largest absolute Gasteiger partial charge is 0.491 e. The van der Waals surface area contributed by atoms with Crippen molar-refractivity contribution in [1.82, 2.24) is 9.97 Å². The van der Waals surface area contributed by atoms with Gasteiger partial charge in [0, 0.05) is 12.1 Å². The molecule has 0 atom stereocenters. The maximum Gasteiger partial charge on any atom is 0.165 e. The Bertz CT molecular complexity index is 587. The molecule has 0 bridgehead atoms. The van der Waals surface area contributed by atoms with E-state index in [0.29, 0.717) is 30.2 Å². The van der Waals surface area contributed by atoms with Gasteiger partial charge in [0.25, 0.3) is 0 Å². The van der Waals surface area contributed by atoms with E-state index in [0.717, 1.165) is 5.69 Å². The van der Waals surface area contributed by atoms with Crippen molar-refractivity contribution >= 4 is 0 Å². The van der Waals surface area contributed by atoms with Crippen LogP contribution < -0.4 is 10.5 Å². The fourth-order valence-electron chi connectivity index (χ4n) is 1.81. The molecule has 1 aromatic heterocycles. The van der Waals surface area contributed by atoms with Crippen molar-refractivity contribution in [2.45, 2.75) is 20.4 Å². The fourth-order valence-corrected chi connectivity index (χ4v) is 1.81. The summed E-state index contributed by atoms with van der Waals surface area (Å²) >= 11 is 0. The second kappa shape index (κ2) is 5.75. The quantitative estimate of drug-likeness (QED) is 0.918. The first-order chi connectivity index (χ1) is 9.13. The number of aromatic nitrogens is 2. The van der Waals surface area contributed by atoms with Crippen LogP contribution in [0.1, 0.15) is 18.4 Å². The number of hydrogen-bond donors (Lipinski definition) is 1. The van der Waals surface area contributed by atoms with Crippen LogP contribution in [0.25, 0.3) is 11.3 Å². The Hall–Kier alpha value is -2.01. The Kier molecular flexibility index (Phi) is 4.06. The summed E-state index contributed by atoms with van der Waals surface area (Å²) in [7, 11) is 0. The molecule has 0 aliphatic carbocycles. The Morgan fingerprint density at radius 1 is 1.26 bits per heavy atom. The Morgan fingerprint density at radius 2 is 2.05 bits per heavy atom. The molecule has 0 radical (unpaired) electrons. The molecule has 0 aliphatic heterocycles. The van der Waals surface area contributed by atoms with Crippen LogP contribution in [0.4, 0.5) is 4.39 Å². The zero-order valence-corrected chi connectivity index (χ0v) is 11.0. The van der Waals surface area contributed by atoms with Gasteiger partial charge in [-0.25, -0.2) is 14.4 Å². The van der Waals surface area contributed by atoms with Crippen LogP contribution in [0, 0.1) is 12.7 Å². The Balaban J connectivity index is 2.41. The summed E-state index contributed by atoms with van der Waals surface area (Å²) in [5.41, 5.74) is 7.65. The van der Waals surface area contributed by atoms with Crippen LogP contribution >= 0.6 is 0 Å². The molecule has 100 valence electrons. The minimum Gasteiger partial charge on any atom is -0.491 e. The van der Waals surface area contributed by atoms with Crippen molar-refractivity contribution < 1.29 is 9.13 Å². The Morgan fingerprint density at radius 3 is 2.68 bits per heavy atom. The molecule has 2 rings (SSSR count). The van der Waals surface area contributed by atoms with Gasteiger partial charge in [-0.2, -0.15) is 0 Å². The highest BCUT2D eigenvalue weighted by atomic mass is 19.1. The molecule has 4 nitrogen and oxygen atoms in total. The topological polar surface area (TPSA) is 61.0 Å². The van der Waals surface area contributed by atoms with Crippen LogP contribution in [0.15, 0.2) is 24.3 Å². The maximum absolute atomic E-state index is 13.8. The van der Waals surface area contributed by atoms with Gasteiger partial charge in [-0.15, -0.1) is 0 Å². The second-order valence-electron chi connectivity index (χ2n) is 4.07. The molecule has 0 unspecified atom stereocenters. The van der Waals surface area contributed by atoms with Gasteiger partial charge < -0.3 is 10.5 Å². The predicted molar refractivity (Wildman–Crippen MR) is 71.2 cm³/mol. The summed E-state index contributed by atoms with van der Waals surface area (Å²) < 4.78 is 19.0. The molecule has 0 spiro atoms. The summed E-state index contributed by atoms with van der Waals surface area (Å²) in [6.45, 7) is 4.36. The van der Waals surface area contributed by atoms with E-state index in [-0.39, 0.29) is 5.75 Å².